The molecule has 220 valence electrons. The van der Waals surface area contributed by atoms with Gasteiger partial charge in [0.2, 0.25) is 0 Å². The van der Waals surface area contributed by atoms with Gasteiger partial charge in [0.1, 0.15) is 36.3 Å². The van der Waals surface area contributed by atoms with E-state index in [1.165, 1.54) is 6.07 Å². The Balaban J connectivity index is 1.40. The van der Waals surface area contributed by atoms with Gasteiger partial charge in [-0.05, 0) is 52.9 Å². The molecule has 9 heteroatoms. The first-order chi connectivity index (χ1) is 20.8. The largest absolute Gasteiger partial charge is 0.488 e. The Hall–Kier alpha value is -4.63. The number of carboxylic acids is 1. The lowest BCUT2D eigenvalue weighted by Crippen LogP contribution is -2.39. The van der Waals surface area contributed by atoms with Crippen LogP contribution in [-0.2, 0) is 24.6 Å². The van der Waals surface area contributed by atoms with Crippen LogP contribution in [-0.4, -0.2) is 28.8 Å². The molecule has 0 saturated carbocycles. The number of benzene rings is 4. The van der Waals surface area contributed by atoms with Crippen LogP contribution in [0.2, 0.25) is 5.02 Å². The highest BCUT2D eigenvalue weighted by molar-refractivity contribution is 6.32. The molecule has 5 aromatic rings. The third-order valence-electron chi connectivity index (χ3n) is 7.13. The van der Waals surface area contributed by atoms with E-state index in [1.54, 1.807) is 24.3 Å². The topological polar surface area (TPSA) is 118 Å². The molecule has 0 unspecified atom stereocenters. The lowest BCUT2D eigenvalue weighted by molar-refractivity contribution is -0.140. The van der Waals surface area contributed by atoms with Gasteiger partial charge in [0.25, 0.3) is 0 Å². The second-order valence-corrected chi connectivity index (χ2v) is 10.4. The third kappa shape index (κ3) is 7.24. The molecule has 1 aromatic heterocycles. The molecule has 1 atom stereocenters. The average Bonchev–Trinajstić information content (AvgIpc) is 3.01. The number of carbonyl (C=O) groups is 1. The molecule has 4 aromatic carbocycles. The van der Waals surface area contributed by atoms with Gasteiger partial charge in [-0.1, -0.05) is 72.3 Å². The smallest absolute Gasteiger partial charge is 0.336 e. The Morgan fingerprint density at radius 2 is 1.67 bits per heavy atom. The first-order valence-electron chi connectivity index (χ1n) is 13.6. The van der Waals surface area contributed by atoms with Gasteiger partial charge < -0.3 is 24.1 Å². The Kier molecular flexibility index (Phi) is 9.41. The molecule has 3 N–H and O–H groups in total. The number of carboxylic acid groups (broad SMARTS) is 1. The number of aliphatic hydroxyl groups excluding tert-OH is 1. The van der Waals surface area contributed by atoms with Crippen LogP contribution in [0.15, 0.2) is 100 Å². The van der Waals surface area contributed by atoms with Crippen molar-refractivity contribution in [3.05, 3.63) is 129 Å². The summed E-state index contributed by atoms with van der Waals surface area (Å²) < 4.78 is 17.6. The van der Waals surface area contributed by atoms with Crippen LogP contribution in [0.1, 0.15) is 22.3 Å². The molecule has 0 saturated heterocycles. The average molecular weight is 600 g/mol. The summed E-state index contributed by atoms with van der Waals surface area (Å²) in [5.41, 5.74) is 5.64. The zero-order valence-electron chi connectivity index (χ0n) is 23.4. The van der Waals surface area contributed by atoms with Crippen molar-refractivity contribution < 1.29 is 28.9 Å². The van der Waals surface area contributed by atoms with Crippen LogP contribution >= 0.6 is 11.6 Å². The fourth-order valence-corrected chi connectivity index (χ4v) is 4.94. The highest BCUT2D eigenvalue weighted by Gasteiger charge is 2.18. The van der Waals surface area contributed by atoms with Gasteiger partial charge in [-0.15, -0.1) is 0 Å². The van der Waals surface area contributed by atoms with Crippen molar-refractivity contribution in [1.82, 2.24) is 5.32 Å². The summed E-state index contributed by atoms with van der Waals surface area (Å²) in [4.78, 5) is 23.1. The number of nitrogens with one attached hydrogen (secondary N) is 1. The van der Waals surface area contributed by atoms with Gasteiger partial charge in [-0.25, -0.2) is 4.79 Å². The highest BCUT2D eigenvalue weighted by Crippen LogP contribution is 2.35. The van der Waals surface area contributed by atoms with E-state index in [0.29, 0.717) is 27.7 Å². The van der Waals surface area contributed by atoms with Gasteiger partial charge in [0.05, 0.1) is 11.6 Å². The Labute approximate surface area is 253 Å². The molecule has 0 aliphatic carbocycles. The van der Waals surface area contributed by atoms with Crippen LogP contribution < -0.4 is 20.4 Å². The van der Waals surface area contributed by atoms with Gasteiger partial charge in [0.15, 0.2) is 0 Å². The number of rotatable bonds is 12. The molecule has 0 aliphatic rings. The van der Waals surface area contributed by atoms with Gasteiger partial charge in [0, 0.05) is 29.6 Å². The molecular weight excluding hydrogens is 570 g/mol. The zero-order chi connectivity index (χ0) is 30.3. The summed E-state index contributed by atoms with van der Waals surface area (Å²) in [5.74, 6) is -0.369. The molecular formula is C34H30ClNO7. The minimum atomic E-state index is -1.18. The van der Waals surface area contributed by atoms with E-state index in [0.717, 1.165) is 33.2 Å². The summed E-state index contributed by atoms with van der Waals surface area (Å²) in [7, 11) is 0. The predicted molar refractivity (Wildman–Crippen MR) is 165 cm³/mol. The summed E-state index contributed by atoms with van der Waals surface area (Å²) in [6, 6.07) is 26.8. The molecule has 0 aliphatic heterocycles. The molecule has 5 rings (SSSR count). The lowest BCUT2D eigenvalue weighted by Gasteiger charge is -2.18. The van der Waals surface area contributed by atoms with Crippen LogP contribution in [0, 0.1) is 6.92 Å². The second-order valence-electron chi connectivity index (χ2n) is 10.0. The number of aliphatic carboxylic acids is 1. The standard InChI is InChI=1S/C34H30ClNO7/c1-21-25(8-5-9-27(21)23-6-3-2-4-7-23)20-42-32-16-30(26(15-28(32)35)17-36-29(18-37)34(39)40)41-19-22-10-11-24-12-13-33(38)43-31(24)14-22/h2-16,29,36-37H,17-20H2,1H3,(H,39,40)/t29-/m0/s1. The molecule has 0 bridgehead atoms. The molecule has 43 heavy (non-hydrogen) atoms. The van der Waals surface area contributed by atoms with E-state index in [2.05, 4.69) is 30.4 Å². The van der Waals surface area contributed by atoms with Crippen LogP contribution in [0.4, 0.5) is 0 Å². The summed E-state index contributed by atoms with van der Waals surface area (Å²) in [5, 5.41) is 22.7. The maximum Gasteiger partial charge on any atom is 0.336 e. The number of hydrogen-bond donors (Lipinski definition) is 3. The minimum absolute atomic E-state index is 0.0671. The number of ether oxygens (including phenoxy) is 2. The maximum atomic E-state index is 11.7. The van der Waals surface area contributed by atoms with Gasteiger partial charge in [-0.3, -0.25) is 10.1 Å². The monoisotopic (exact) mass is 599 g/mol. The summed E-state index contributed by atoms with van der Waals surface area (Å²) in [6.45, 7) is 1.93. The molecule has 1 heterocycles. The first-order valence-corrected chi connectivity index (χ1v) is 14.0. The molecule has 0 fully saturated rings. The van der Waals surface area contributed by atoms with E-state index < -0.39 is 24.2 Å². The van der Waals surface area contributed by atoms with E-state index in [4.69, 9.17) is 25.5 Å². The maximum absolute atomic E-state index is 11.7. The summed E-state index contributed by atoms with van der Waals surface area (Å²) >= 11 is 6.63. The summed E-state index contributed by atoms with van der Waals surface area (Å²) in [6.07, 6.45) is 0. The number of halogens is 1. The number of aliphatic hydroxyl groups is 1. The molecule has 0 radical (unpaired) electrons. The Morgan fingerprint density at radius 1 is 0.907 bits per heavy atom. The predicted octanol–water partition coefficient (Wildman–Crippen LogP) is 6.11. The normalized spacial score (nSPS) is 11.8. The van der Waals surface area contributed by atoms with Crippen LogP contribution in [0.3, 0.4) is 0 Å². The van der Waals surface area contributed by atoms with Crippen LogP contribution in [0.5, 0.6) is 11.5 Å². The highest BCUT2D eigenvalue weighted by atomic mass is 35.5. The number of fused-ring (bicyclic) bond motifs is 1. The first kappa shape index (κ1) is 29.8. The lowest BCUT2D eigenvalue weighted by atomic mass is 9.97. The third-order valence-corrected chi connectivity index (χ3v) is 7.43. The van der Waals surface area contributed by atoms with Crippen molar-refractivity contribution in [3.63, 3.8) is 0 Å². The van der Waals surface area contributed by atoms with E-state index in [-0.39, 0.29) is 19.8 Å². The van der Waals surface area contributed by atoms with Crippen LogP contribution in [0.25, 0.3) is 22.1 Å². The molecule has 8 nitrogen and oxygen atoms in total. The Bertz CT molecular complexity index is 1800. The van der Waals surface area contributed by atoms with E-state index in [1.807, 2.05) is 42.5 Å². The Morgan fingerprint density at radius 3 is 2.44 bits per heavy atom. The van der Waals surface area contributed by atoms with Gasteiger partial charge in [-0.2, -0.15) is 0 Å². The van der Waals surface area contributed by atoms with E-state index >= 15 is 0 Å². The molecule has 0 amide bonds. The van der Waals surface area contributed by atoms with Gasteiger partial charge >= 0.3 is 11.6 Å². The minimum Gasteiger partial charge on any atom is -0.488 e. The fourth-order valence-electron chi connectivity index (χ4n) is 4.70. The number of hydrogen-bond acceptors (Lipinski definition) is 7. The van der Waals surface area contributed by atoms with Crippen molar-refractivity contribution in [1.29, 1.82) is 0 Å². The second kappa shape index (κ2) is 13.6. The van der Waals surface area contributed by atoms with Crippen molar-refractivity contribution in [2.75, 3.05) is 6.61 Å². The molecule has 0 spiro atoms. The fraction of sp³-hybridized carbons (Fsp3) is 0.176. The van der Waals surface area contributed by atoms with Crippen molar-refractivity contribution >= 4 is 28.5 Å². The zero-order valence-corrected chi connectivity index (χ0v) is 24.1. The van der Waals surface area contributed by atoms with E-state index in [9.17, 15) is 19.8 Å². The van der Waals surface area contributed by atoms with Crippen molar-refractivity contribution in [2.45, 2.75) is 32.7 Å². The quantitative estimate of drug-likeness (QED) is 0.147. The van der Waals surface area contributed by atoms with Crippen molar-refractivity contribution in [3.8, 4) is 22.6 Å². The van der Waals surface area contributed by atoms with Crippen molar-refractivity contribution in [2.24, 2.45) is 0 Å². The SMILES string of the molecule is Cc1c(COc2cc(OCc3ccc4ccc(=O)oc4c3)c(CN[C@@H](CO)C(=O)O)cc2Cl)cccc1-c1ccccc1.